The van der Waals surface area contributed by atoms with Crippen molar-refractivity contribution in [3.8, 4) is 0 Å². The number of halogens is 4. The van der Waals surface area contributed by atoms with Gasteiger partial charge in [-0.2, -0.15) is 13.2 Å². The van der Waals surface area contributed by atoms with Crippen LogP contribution < -0.4 is 10.6 Å². The van der Waals surface area contributed by atoms with Crippen LogP contribution in [0.2, 0.25) is 5.02 Å². The van der Waals surface area contributed by atoms with Crippen molar-refractivity contribution in [1.29, 1.82) is 0 Å². The molecule has 1 saturated heterocycles. The van der Waals surface area contributed by atoms with Crippen molar-refractivity contribution in [1.82, 2.24) is 5.32 Å². The molecule has 0 bridgehead atoms. The number of hydrogen-bond donors (Lipinski definition) is 2. The van der Waals surface area contributed by atoms with Crippen LogP contribution in [0.4, 0.5) is 18.9 Å². The first kappa shape index (κ1) is 14.1. The van der Waals surface area contributed by atoms with E-state index in [9.17, 15) is 18.0 Å². The summed E-state index contributed by atoms with van der Waals surface area (Å²) in [4.78, 5) is 11.6. The fraction of sp³-hybridized carbons (Fsp3) is 0.417. The molecule has 104 valence electrons. The molecule has 1 amide bonds. The highest BCUT2D eigenvalue weighted by Gasteiger charge is 2.31. The summed E-state index contributed by atoms with van der Waals surface area (Å²) in [6, 6.07) is 3.00. The van der Waals surface area contributed by atoms with Gasteiger partial charge in [0.05, 0.1) is 5.56 Å². The van der Waals surface area contributed by atoms with Crippen molar-refractivity contribution < 1.29 is 18.0 Å². The molecule has 0 aromatic heterocycles. The number of anilines is 1. The highest BCUT2D eigenvalue weighted by molar-refractivity contribution is 6.31. The van der Waals surface area contributed by atoms with Crippen LogP contribution in [0.1, 0.15) is 12.0 Å². The summed E-state index contributed by atoms with van der Waals surface area (Å²) in [5.41, 5.74) is -0.808. The lowest BCUT2D eigenvalue weighted by Crippen LogP contribution is -2.43. The van der Waals surface area contributed by atoms with Crippen LogP contribution in [0.15, 0.2) is 18.2 Å². The van der Waals surface area contributed by atoms with E-state index in [1.54, 1.807) is 0 Å². The smallest absolute Gasteiger partial charge is 0.326 e. The Hall–Kier alpha value is -1.27. The van der Waals surface area contributed by atoms with E-state index in [-0.39, 0.29) is 22.5 Å². The van der Waals surface area contributed by atoms with E-state index in [0.717, 1.165) is 25.2 Å². The van der Waals surface area contributed by atoms with Crippen LogP contribution in [-0.2, 0) is 11.0 Å². The summed E-state index contributed by atoms with van der Waals surface area (Å²) in [6.07, 6.45) is -4.19. The first-order chi connectivity index (χ1) is 8.84. The molecule has 3 nitrogen and oxygen atoms in total. The topological polar surface area (TPSA) is 41.1 Å². The second-order valence-electron chi connectivity index (χ2n) is 4.50. The Morgan fingerprint density at radius 3 is 2.58 bits per heavy atom. The Bertz CT molecular complexity index is 486. The lowest BCUT2D eigenvalue weighted by molar-refractivity contribution is -0.137. The highest BCUT2D eigenvalue weighted by Crippen LogP contribution is 2.33. The summed E-state index contributed by atoms with van der Waals surface area (Å²) in [5, 5.41) is 5.40. The molecular formula is C12H12ClF3N2O. The van der Waals surface area contributed by atoms with Gasteiger partial charge in [0.1, 0.15) is 0 Å². The fourth-order valence-corrected chi connectivity index (χ4v) is 2.03. The van der Waals surface area contributed by atoms with Crippen LogP contribution in [0.3, 0.4) is 0 Å². The lowest BCUT2D eigenvalue weighted by atomic mass is 9.99. The average Bonchev–Trinajstić information content (AvgIpc) is 2.21. The molecule has 7 heteroatoms. The number of nitrogens with one attached hydrogen (secondary N) is 2. The van der Waals surface area contributed by atoms with E-state index in [2.05, 4.69) is 10.6 Å². The molecule has 1 aromatic rings. The van der Waals surface area contributed by atoms with Gasteiger partial charge >= 0.3 is 6.18 Å². The van der Waals surface area contributed by atoms with Gasteiger partial charge in [0.2, 0.25) is 5.91 Å². The first-order valence-electron chi connectivity index (χ1n) is 5.73. The predicted molar refractivity (Wildman–Crippen MR) is 66.1 cm³/mol. The SMILES string of the molecule is O=C(CC1CNC1)Nc1cc(Cl)cc(C(F)(F)F)c1. The number of carbonyl (C=O) groups is 1. The monoisotopic (exact) mass is 292 g/mol. The van der Waals surface area contributed by atoms with Crippen molar-refractivity contribution >= 4 is 23.2 Å². The molecule has 1 fully saturated rings. The summed E-state index contributed by atoms with van der Waals surface area (Å²) in [5.74, 6) is -0.0526. The van der Waals surface area contributed by atoms with E-state index in [0.29, 0.717) is 6.42 Å². The Labute approximate surface area is 113 Å². The molecule has 1 aliphatic heterocycles. The number of amides is 1. The number of rotatable bonds is 3. The number of benzene rings is 1. The third-order valence-corrected chi connectivity index (χ3v) is 3.07. The molecule has 0 spiro atoms. The maximum atomic E-state index is 12.6. The molecule has 1 aromatic carbocycles. The molecule has 0 radical (unpaired) electrons. The van der Waals surface area contributed by atoms with Gasteiger partial charge in [-0.1, -0.05) is 11.6 Å². The van der Waals surface area contributed by atoms with Crippen LogP contribution >= 0.6 is 11.6 Å². The largest absolute Gasteiger partial charge is 0.416 e. The summed E-state index contributed by atoms with van der Waals surface area (Å²) >= 11 is 5.62. The maximum Gasteiger partial charge on any atom is 0.416 e. The quantitative estimate of drug-likeness (QED) is 0.899. The summed E-state index contributed by atoms with van der Waals surface area (Å²) < 4.78 is 37.7. The van der Waals surface area contributed by atoms with E-state index in [1.807, 2.05) is 0 Å². The zero-order chi connectivity index (χ0) is 14.0. The van der Waals surface area contributed by atoms with Crippen LogP contribution in [-0.4, -0.2) is 19.0 Å². The van der Waals surface area contributed by atoms with E-state index in [1.165, 1.54) is 6.07 Å². The number of alkyl halides is 3. The standard InChI is InChI=1S/C12H12ClF3N2O/c13-9-2-8(12(14,15)16)3-10(4-9)18-11(19)1-7-5-17-6-7/h2-4,7,17H,1,5-6H2,(H,18,19). The van der Waals surface area contributed by atoms with Crippen LogP contribution in [0, 0.1) is 5.92 Å². The van der Waals surface area contributed by atoms with Gasteiger partial charge in [-0.25, -0.2) is 0 Å². The number of carbonyl (C=O) groups excluding carboxylic acids is 1. The third-order valence-electron chi connectivity index (χ3n) is 2.85. The Morgan fingerprint density at radius 1 is 1.37 bits per heavy atom. The van der Waals surface area contributed by atoms with Crippen molar-refractivity contribution in [3.63, 3.8) is 0 Å². The molecule has 19 heavy (non-hydrogen) atoms. The van der Waals surface area contributed by atoms with Gasteiger partial charge < -0.3 is 10.6 Å². The summed E-state index contributed by atoms with van der Waals surface area (Å²) in [6.45, 7) is 1.52. The molecule has 0 atom stereocenters. The van der Waals surface area contributed by atoms with Crippen molar-refractivity contribution in [3.05, 3.63) is 28.8 Å². The molecule has 0 unspecified atom stereocenters. The first-order valence-corrected chi connectivity index (χ1v) is 6.11. The Kier molecular flexibility index (Phi) is 4.01. The van der Waals surface area contributed by atoms with Gasteiger partial charge in [-0.05, 0) is 37.2 Å². The number of hydrogen-bond acceptors (Lipinski definition) is 2. The molecule has 0 saturated carbocycles. The van der Waals surface area contributed by atoms with E-state index in [4.69, 9.17) is 11.6 Å². The van der Waals surface area contributed by atoms with Gasteiger partial charge in [0.25, 0.3) is 0 Å². The Balaban J connectivity index is 2.06. The molecular weight excluding hydrogens is 281 g/mol. The molecule has 1 aliphatic rings. The van der Waals surface area contributed by atoms with Gasteiger partial charge in [-0.3, -0.25) is 4.79 Å². The zero-order valence-corrected chi connectivity index (χ0v) is 10.6. The lowest BCUT2D eigenvalue weighted by Gasteiger charge is -2.26. The predicted octanol–water partition coefficient (Wildman–Crippen LogP) is 2.91. The minimum atomic E-state index is -4.48. The van der Waals surface area contributed by atoms with E-state index < -0.39 is 11.7 Å². The molecule has 2 rings (SSSR count). The summed E-state index contributed by atoms with van der Waals surface area (Å²) in [7, 11) is 0. The van der Waals surface area contributed by atoms with Crippen LogP contribution in [0.25, 0.3) is 0 Å². The van der Waals surface area contributed by atoms with Gasteiger partial charge in [-0.15, -0.1) is 0 Å². The zero-order valence-electron chi connectivity index (χ0n) is 9.85. The fourth-order valence-electron chi connectivity index (χ4n) is 1.79. The second kappa shape index (κ2) is 5.38. The minimum Gasteiger partial charge on any atom is -0.326 e. The van der Waals surface area contributed by atoms with Gasteiger partial charge in [0.15, 0.2) is 0 Å². The van der Waals surface area contributed by atoms with Crippen molar-refractivity contribution in [2.75, 3.05) is 18.4 Å². The molecule has 2 N–H and O–H groups in total. The second-order valence-corrected chi connectivity index (χ2v) is 4.94. The maximum absolute atomic E-state index is 12.6. The normalized spacial score (nSPS) is 16.0. The Morgan fingerprint density at radius 2 is 2.05 bits per heavy atom. The highest BCUT2D eigenvalue weighted by atomic mass is 35.5. The van der Waals surface area contributed by atoms with Crippen LogP contribution in [0.5, 0.6) is 0 Å². The van der Waals surface area contributed by atoms with Crippen molar-refractivity contribution in [2.24, 2.45) is 5.92 Å². The van der Waals surface area contributed by atoms with E-state index >= 15 is 0 Å². The molecule has 1 heterocycles. The molecule has 0 aliphatic carbocycles. The minimum absolute atomic E-state index is 0.0598. The van der Waals surface area contributed by atoms with Crippen molar-refractivity contribution in [2.45, 2.75) is 12.6 Å². The average molecular weight is 293 g/mol. The third kappa shape index (κ3) is 3.84. The van der Waals surface area contributed by atoms with Gasteiger partial charge in [0, 0.05) is 17.1 Å².